The number of aromatic nitrogens is 2. The number of esters is 2. The lowest BCUT2D eigenvalue weighted by Gasteiger charge is -2.24. The molecule has 0 radical (unpaired) electrons. The average Bonchev–Trinajstić information content (AvgIpc) is 3.48. The van der Waals surface area contributed by atoms with Gasteiger partial charge in [0, 0.05) is 50.7 Å². The summed E-state index contributed by atoms with van der Waals surface area (Å²) in [4.78, 5) is 41.9. The molecule has 16 heteroatoms. The summed E-state index contributed by atoms with van der Waals surface area (Å²) >= 11 is 12.3. The number of amides is 1. The molecule has 0 aliphatic rings. The fourth-order valence-electron chi connectivity index (χ4n) is 5.91. The van der Waals surface area contributed by atoms with Crippen molar-refractivity contribution in [3.05, 3.63) is 112 Å². The van der Waals surface area contributed by atoms with E-state index >= 15 is 0 Å². The Hall–Kier alpha value is -5.31. The third kappa shape index (κ3) is 11.8. The monoisotopic (exact) mass is 799 g/mol. The maximum absolute atomic E-state index is 12.8. The van der Waals surface area contributed by atoms with Crippen molar-refractivity contribution < 1.29 is 41.8 Å². The number of imidazole rings is 1. The zero-order valence-electron chi connectivity index (χ0n) is 29.9. The highest BCUT2D eigenvalue weighted by Gasteiger charge is 2.31. The molecule has 1 unspecified atom stereocenters. The molecule has 1 heterocycles. The minimum absolute atomic E-state index is 0.000382. The number of hydrogen-bond donors (Lipinski definition) is 2. The lowest BCUT2D eigenvalue weighted by molar-refractivity contribution is -0.274. The number of rotatable bonds is 17. The Balaban J connectivity index is 1.50. The number of alkyl halides is 3. The second-order valence-corrected chi connectivity index (χ2v) is 13.3. The van der Waals surface area contributed by atoms with E-state index in [1.807, 2.05) is 58.0 Å². The minimum atomic E-state index is -4.82. The highest BCUT2D eigenvalue weighted by Crippen LogP contribution is 2.31. The molecule has 0 fully saturated rings. The lowest BCUT2D eigenvalue weighted by Crippen LogP contribution is -2.31. The first-order chi connectivity index (χ1) is 26.1. The molecule has 5 aromatic rings. The number of anilines is 1. The van der Waals surface area contributed by atoms with Gasteiger partial charge in [0.1, 0.15) is 24.8 Å². The molecule has 0 saturated carbocycles. The molecule has 0 saturated heterocycles. The summed E-state index contributed by atoms with van der Waals surface area (Å²) in [6.45, 7) is 4.21. The van der Waals surface area contributed by atoms with Crippen LogP contribution in [-0.4, -0.2) is 60.1 Å². The van der Waals surface area contributed by atoms with Crippen LogP contribution >= 0.6 is 23.2 Å². The van der Waals surface area contributed by atoms with Gasteiger partial charge in [-0.1, -0.05) is 47.5 Å². The van der Waals surface area contributed by atoms with Gasteiger partial charge in [0.25, 0.3) is 0 Å². The van der Waals surface area contributed by atoms with Crippen molar-refractivity contribution in [2.75, 3.05) is 31.2 Å². The Morgan fingerprint density at radius 1 is 0.855 bits per heavy atom. The first-order valence-corrected chi connectivity index (χ1v) is 17.8. The number of nitrogens with zero attached hydrogens (tertiary/aromatic N) is 3. The van der Waals surface area contributed by atoms with E-state index < -0.39 is 30.2 Å². The van der Waals surface area contributed by atoms with Crippen molar-refractivity contribution in [2.24, 2.45) is 5.73 Å². The number of ether oxygens (including phenoxy) is 3. The van der Waals surface area contributed by atoms with Gasteiger partial charge in [0.2, 0.25) is 5.91 Å². The molecule has 1 atom stereocenters. The first kappa shape index (κ1) is 40.9. The van der Waals surface area contributed by atoms with E-state index in [9.17, 15) is 27.6 Å². The van der Waals surface area contributed by atoms with Gasteiger partial charge in [0.15, 0.2) is 0 Å². The molecule has 5 rings (SSSR count). The van der Waals surface area contributed by atoms with Gasteiger partial charge in [0.05, 0.1) is 34.2 Å². The van der Waals surface area contributed by atoms with Gasteiger partial charge in [-0.15, -0.1) is 13.2 Å². The van der Waals surface area contributed by atoms with Crippen LogP contribution in [0, 0.1) is 0 Å². The predicted octanol–water partition coefficient (Wildman–Crippen LogP) is 7.60. The van der Waals surface area contributed by atoms with Crippen molar-refractivity contribution in [3.63, 3.8) is 0 Å². The Morgan fingerprint density at radius 3 is 2.07 bits per heavy atom. The lowest BCUT2D eigenvalue weighted by atomic mass is 10.0. The number of nitrogens with one attached hydrogen (secondary N) is 1. The zero-order valence-corrected chi connectivity index (χ0v) is 31.4. The van der Waals surface area contributed by atoms with E-state index in [0.29, 0.717) is 46.6 Å². The fourth-order valence-corrected chi connectivity index (χ4v) is 6.23. The number of hydrogen-bond acceptors (Lipinski definition) is 9. The van der Waals surface area contributed by atoms with Crippen LogP contribution in [0.3, 0.4) is 0 Å². The van der Waals surface area contributed by atoms with Crippen LogP contribution in [-0.2, 0) is 36.9 Å². The summed E-state index contributed by atoms with van der Waals surface area (Å²) in [5.41, 5.74) is 10.8. The number of nitrogens with two attached hydrogens (primary N) is 1. The molecule has 1 aromatic heterocycles. The number of benzene rings is 4. The standard InChI is InChI=1S/C39H38Cl2F3N5O6/c1-24(50)53-17-15-48(16-18-54-25(2)51)30-9-6-28(7-10-30)38-47-35-20-29(34(21-37(45)52)46-22-27-5-13-32(40)33(41)19-27)8-14-36(35)49(38)23-26-3-11-31(12-4-26)55-39(42,43)44/h3-14,19-20,34,46H,15-18,21-23H2,1-2H3,(H2,45,52). The Morgan fingerprint density at radius 2 is 1.49 bits per heavy atom. The normalized spacial score (nSPS) is 12.0. The molecule has 1 amide bonds. The van der Waals surface area contributed by atoms with Crippen LogP contribution in [0.5, 0.6) is 5.75 Å². The molecule has 0 aliphatic heterocycles. The van der Waals surface area contributed by atoms with E-state index in [1.54, 1.807) is 24.3 Å². The molecule has 0 bridgehead atoms. The van der Waals surface area contributed by atoms with E-state index in [1.165, 1.54) is 26.0 Å². The molecular formula is C39H38Cl2F3N5O6. The van der Waals surface area contributed by atoms with E-state index in [0.717, 1.165) is 27.9 Å². The summed E-state index contributed by atoms with van der Waals surface area (Å²) in [5, 5.41) is 4.20. The second kappa shape index (κ2) is 18.3. The Kier molecular flexibility index (Phi) is 13.6. The number of primary amides is 1. The third-order valence-corrected chi connectivity index (χ3v) is 9.18. The van der Waals surface area contributed by atoms with Gasteiger partial charge in [-0.05, 0) is 77.4 Å². The van der Waals surface area contributed by atoms with Gasteiger partial charge in [-0.3, -0.25) is 14.4 Å². The number of carbonyl (C=O) groups is 3. The molecule has 11 nitrogen and oxygen atoms in total. The van der Waals surface area contributed by atoms with Crippen molar-refractivity contribution in [3.8, 4) is 17.1 Å². The molecule has 290 valence electrons. The van der Waals surface area contributed by atoms with Gasteiger partial charge >= 0.3 is 18.3 Å². The molecular weight excluding hydrogens is 762 g/mol. The zero-order chi connectivity index (χ0) is 39.7. The van der Waals surface area contributed by atoms with Gasteiger partial charge in [-0.25, -0.2) is 4.98 Å². The van der Waals surface area contributed by atoms with E-state index in [-0.39, 0.29) is 31.9 Å². The van der Waals surface area contributed by atoms with Crippen molar-refractivity contribution in [1.82, 2.24) is 14.9 Å². The van der Waals surface area contributed by atoms with Crippen molar-refractivity contribution in [1.29, 1.82) is 0 Å². The Labute approximate surface area is 325 Å². The summed E-state index contributed by atoms with van der Waals surface area (Å²) in [6.07, 6.45) is -4.82. The highest BCUT2D eigenvalue weighted by molar-refractivity contribution is 6.42. The van der Waals surface area contributed by atoms with E-state index in [4.69, 9.17) is 43.4 Å². The maximum Gasteiger partial charge on any atom is 0.573 e. The van der Waals surface area contributed by atoms with Crippen molar-refractivity contribution >= 4 is 57.8 Å². The average molecular weight is 801 g/mol. The largest absolute Gasteiger partial charge is 0.573 e. The molecule has 55 heavy (non-hydrogen) atoms. The van der Waals surface area contributed by atoms with Crippen LogP contribution < -0.4 is 20.7 Å². The predicted molar refractivity (Wildman–Crippen MR) is 203 cm³/mol. The number of fused-ring (bicyclic) bond motifs is 1. The second-order valence-electron chi connectivity index (χ2n) is 12.5. The van der Waals surface area contributed by atoms with Crippen LogP contribution in [0.15, 0.2) is 84.9 Å². The maximum atomic E-state index is 12.8. The molecule has 3 N–H and O–H groups in total. The SMILES string of the molecule is CC(=O)OCCN(CCOC(C)=O)c1ccc(-c2nc3cc(C(CC(N)=O)NCc4ccc(Cl)c(Cl)c4)ccc3n2Cc2ccc(OC(F)(F)F)cc2)cc1. The molecule has 4 aromatic carbocycles. The minimum Gasteiger partial charge on any atom is -0.464 e. The summed E-state index contributed by atoms with van der Waals surface area (Å²) in [5.74, 6) is -1.11. The highest BCUT2D eigenvalue weighted by atomic mass is 35.5. The van der Waals surface area contributed by atoms with Gasteiger partial charge in [-0.2, -0.15) is 0 Å². The van der Waals surface area contributed by atoms with Crippen LogP contribution in [0.2, 0.25) is 10.0 Å². The Bertz CT molecular complexity index is 2110. The number of halogens is 5. The summed E-state index contributed by atoms with van der Waals surface area (Å²) in [6, 6.07) is 23.5. The smallest absolute Gasteiger partial charge is 0.464 e. The fraction of sp³-hybridized carbons (Fsp3) is 0.282. The molecule has 0 aliphatic carbocycles. The third-order valence-electron chi connectivity index (χ3n) is 8.44. The van der Waals surface area contributed by atoms with Crippen LogP contribution in [0.4, 0.5) is 18.9 Å². The van der Waals surface area contributed by atoms with Gasteiger partial charge < -0.3 is 34.7 Å². The summed E-state index contributed by atoms with van der Waals surface area (Å²) < 4.78 is 54.8. The van der Waals surface area contributed by atoms with E-state index in [2.05, 4.69) is 10.1 Å². The number of carbonyl (C=O) groups excluding carboxylic acids is 3. The first-order valence-electron chi connectivity index (χ1n) is 17.1. The molecule has 0 spiro atoms. The van der Waals surface area contributed by atoms with Crippen LogP contribution in [0.1, 0.15) is 43.0 Å². The van der Waals surface area contributed by atoms with Crippen molar-refractivity contribution in [2.45, 2.75) is 45.8 Å². The van der Waals surface area contributed by atoms with Crippen LogP contribution in [0.25, 0.3) is 22.4 Å². The quantitative estimate of drug-likeness (QED) is 0.0912. The topological polar surface area (TPSA) is 138 Å². The summed E-state index contributed by atoms with van der Waals surface area (Å²) in [7, 11) is 0.